The molecule has 2 N–H and O–H groups in total. The van der Waals surface area contributed by atoms with Gasteiger partial charge in [0.2, 0.25) is 17.6 Å². The van der Waals surface area contributed by atoms with E-state index in [1.165, 1.54) is 29.0 Å². The molecule has 0 bridgehead atoms. The van der Waals surface area contributed by atoms with E-state index >= 15 is 0 Å². The van der Waals surface area contributed by atoms with Gasteiger partial charge in [-0.1, -0.05) is 18.5 Å². The van der Waals surface area contributed by atoms with Crippen molar-refractivity contribution in [2.75, 3.05) is 50.1 Å². The fourth-order valence-corrected chi connectivity index (χ4v) is 6.66. The summed E-state index contributed by atoms with van der Waals surface area (Å²) in [7, 11) is 1.45. The van der Waals surface area contributed by atoms with Crippen LogP contribution in [0.5, 0.6) is 17.4 Å². The smallest absolute Gasteiger partial charge is 0.416 e. The Morgan fingerprint density at radius 2 is 1.89 bits per heavy atom. The SMILES string of the molecule is CCc1c(N2CCN(C(=O)c3ncc4c(c3O)CCO4)CC2)c(=O)n2nc(-c3ccnc(OC)c3)nc2n1CC(=O)Nc1ccc(C(F)(F)F)cc1Cl. The van der Waals surface area contributed by atoms with E-state index in [1.54, 1.807) is 24.0 Å². The lowest BCUT2D eigenvalue weighted by Gasteiger charge is -2.36. The molecule has 5 aromatic rings. The summed E-state index contributed by atoms with van der Waals surface area (Å²) in [5, 5.41) is 17.5. The molecule has 276 valence electrons. The minimum Gasteiger partial charge on any atom is -0.505 e. The van der Waals surface area contributed by atoms with Crippen molar-refractivity contribution in [2.24, 2.45) is 0 Å². The number of aromatic hydroxyl groups is 1. The monoisotopic (exact) mass is 753 g/mol. The number of fused-ring (bicyclic) bond motifs is 2. The molecule has 1 saturated heterocycles. The summed E-state index contributed by atoms with van der Waals surface area (Å²) in [5.74, 6) is -0.432. The molecule has 4 aromatic heterocycles. The van der Waals surface area contributed by atoms with Crippen LogP contribution in [0.25, 0.3) is 17.2 Å². The van der Waals surface area contributed by atoms with Gasteiger partial charge in [0, 0.05) is 56.0 Å². The number of nitrogens with one attached hydrogen (secondary N) is 1. The van der Waals surface area contributed by atoms with E-state index in [-0.39, 0.29) is 77.9 Å². The highest BCUT2D eigenvalue weighted by molar-refractivity contribution is 6.33. The number of carbonyl (C=O) groups excluding carboxylic acids is 2. The second-order valence-corrected chi connectivity index (χ2v) is 12.6. The van der Waals surface area contributed by atoms with Gasteiger partial charge in [-0.15, -0.1) is 5.10 Å². The molecule has 53 heavy (non-hydrogen) atoms. The highest BCUT2D eigenvalue weighted by Gasteiger charge is 2.33. The molecule has 1 fully saturated rings. The third kappa shape index (κ3) is 6.65. The zero-order chi connectivity index (χ0) is 37.6. The fourth-order valence-electron chi connectivity index (χ4n) is 6.43. The van der Waals surface area contributed by atoms with E-state index in [1.807, 2.05) is 0 Å². The third-order valence-electron chi connectivity index (χ3n) is 9.05. The number of nitrogens with zero attached hydrogens (tertiary/aromatic N) is 8. The Morgan fingerprint density at radius 3 is 2.58 bits per heavy atom. The lowest BCUT2D eigenvalue weighted by molar-refractivity contribution is -0.137. The summed E-state index contributed by atoms with van der Waals surface area (Å²) >= 11 is 6.12. The fraction of sp³-hybridized carbons (Fsp3) is 0.324. The standard InChI is InChI=1S/C34H31ClF3N9O6/c1-3-23-28(44-9-11-45(12-10-44)31(50)27-29(49)20-7-13-53-24(20)16-40-27)32(51)47-33(42-30(43-47)18-6-8-39-26(14-18)52-2)46(23)17-25(48)41-22-5-4-19(15-21(22)35)34(36,37)38/h4-6,8,14-16,49H,3,7,9-13,17H2,1-2H3,(H,41,48). The normalized spacial score (nSPS) is 14.3. The Kier molecular flexibility index (Phi) is 9.31. The van der Waals surface area contributed by atoms with Crippen molar-refractivity contribution in [1.29, 1.82) is 0 Å². The van der Waals surface area contributed by atoms with Gasteiger partial charge in [0.05, 0.1) is 41.9 Å². The van der Waals surface area contributed by atoms with Crippen molar-refractivity contribution in [3.05, 3.63) is 80.6 Å². The van der Waals surface area contributed by atoms with Crippen molar-refractivity contribution >= 4 is 40.6 Å². The van der Waals surface area contributed by atoms with Gasteiger partial charge in [-0.05, 0) is 30.7 Å². The highest BCUT2D eigenvalue weighted by Crippen LogP contribution is 2.36. The first-order valence-electron chi connectivity index (χ1n) is 16.4. The summed E-state index contributed by atoms with van der Waals surface area (Å²) in [4.78, 5) is 57.5. The number of methoxy groups -OCH3 is 1. The molecule has 2 aliphatic heterocycles. The van der Waals surface area contributed by atoms with Gasteiger partial charge in [-0.25, -0.2) is 9.97 Å². The van der Waals surface area contributed by atoms with E-state index in [4.69, 9.17) is 21.1 Å². The predicted octanol–water partition coefficient (Wildman–Crippen LogP) is 3.83. The van der Waals surface area contributed by atoms with Crippen molar-refractivity contribution in [3.8, 4) is 28.8 Å². The zero-order valence-corrected chi connectivity index (χ0v) is 29.0. The lowest BCUT2D eigenvalue weighted by atomic mass is 10.1. The number of benzene rings is 1. The number of alkyl halides is 3. The first kappa shape index (κ1) is 35.5. The number of halogens is 4. The van der Waals surface area contributed by atoms with E-state index in [0.29, 0.717) is 35.6 Å². The van der Waals surface area contributed by atoms with E-state index in [0.717, 1.165) is 22.7 Å². The van der Waals surface area contributed by atoms with Gasteiger partial charge in [0.25, 0.3) is 11.5 Å². The first-order chi connectivity index (χ1) is 25.4. The van der Waals surface area contributed by atoms with Crippen LogP contribution >= 0.6 is 11.6 Å². The predicted molar refractivity (Wildman–Crippen MR) is 185 cm³/mol. The molecule has 0 aliphatic carbocycles. The van der Waals surface area contributed by atoms with Crippen molar-refractivity contribution in [3.63, 3.8) is 0 Å². The molecule has 2 amide bonds. The number of ether oxygens (including phenoxy) is 2. The number of piperazine rings is 1. The Morgan fingerprint density at radius 1 is 1.11 bits per heavy atom. The van der Waals surface area contributed by atoms with Crippen LogP contribution in [0.3, 0.4) is 0 Å². The molecular formula is C34H31ClF3N9O6. The molecule has 0 atom stereocenters. The Hall–Kier alpha value is -5.91. The van der Waals surface area contributed by atoms with Crippen LogP contribution in [0.15, 0.2) is 47.5 Å². The maximum atomic E-state index is 14.3. The molecule has 0 radical (unpaired) electrons. The molecule has 0 saturated carbocycles. The van der Waals surface area contributed by atoms with Gasteiger partial charge in [-0.3, -0.25) is 14.4 Å². The van der Waals surface area contributed by atoms with E-state index < -0.39 is 35.7 Å². The van der Waals surface area contributed by atoms with Crippen LogP contribution in [-0.4, -0.2) is 90.8 Å². The Bertz CT molecular complexity index is 2320. The number of pyridine rings is 2. The summed E-state index contributed by atoms with van der Waals surface area (Å²) in [6, 6.07) is 5.81. The van der Waals surface area contributed by atoms with Crippen LogP contribution < -0.4 is 25.2 Å². The molecule has 2 aliphatic rings. The largest absolute Gasteiger partial charge is 0.505 e. The van der Waals surface area contributed by atoms with Crippen molar-refractivity contribution < 1.29 is 37.3 Å². The number of aromatic nitrogens is 6. The van der Waals surface area contributed by atoms with Crippen LogP contribution in [0.2, 0.25) is 5.02 Å². The molecule has 7 rings (SSSR count). The summed E-state index contributed by atoms with van der Waals surface area (Å²) < 4.78 is 53.0. The second-order valence-electron chi connectivity index (χ2n) is 12.2. The maximum absolute atomic E-state index is 14.3. The molecule has 6 heterocycles. The van der Waals surface area contributed by atoms with E-state index in [2.05, 4.69) is 25.4 Å². The second kappa shape index (κ2) is 13.9. The molecule has 19 heteroatoms. The lowest BCUT2D eigenvalue weighted by Crippen LogP contribution is -2.51. The maximum Gasteiger partial charge on any atom is 0.416 e. The van der Waals surface area contributed by atoms with Gasteiger partial charge >= 0.3 is 6.18 Å². The average molecular weight is 754 g/mol. The number of hydrogen-bond donors (Lipinski definition) is 2. The van der Waals surface area contributed by atoms with Gasteiger partial charge < -0.3 is 34.3 Å². The van der Waals surface area contributed by atoms with Crippen LogP contribution in [0.1, 0.15) is 34.2 Å². The average Bonchev–Trinajstić information content (AvgIpc) is 3.82. The molecule has 15 nitrogen and oxygen atoms in total. The summed E-state index contributed by atoms with van der Waals surface area (Å²) in [6.07, 6.45) is -0.996. The third-order valence-corrected chi connectivity index (χ3v) is 9.36. The Balaban J connectivity index is 1.23. The van der Waals surface area contributed by atoms with Crippen LogP contribution in [0, 0.1) is 0 Å². The molecular weight excluding hydrogens is 723 g/mol. The number of hydrogen-bond acceptors (Lipinski definition) is 11. The Labute approximate surface area is 303 Å². The number of carbonyl (C=O) groups is 2. The quantitative estimate of drug-likeness (QED) is 0.236. The highest BCUT2D eigenvalue weighted by atomic mass is 35.5. The van der Waals surface area contributed by atoms with Gasteiger partial charge in [-0.2, -0.15) is 22.7 Å². The molecule has 0 unspecified atom stereocenters. The minimum atomic E-state index is -4.63. The van der Waals surface area contributed by atoms with Crippen molar-refractivity contribution in [1.82, 2.24) is 34.0 Å². The van der Waals surface area contributed by atoms with Crippen LogP contribution in [0.4, 0.5) is 24.5 Å². The van der Waals surface area contributed by atoms with Gasteiger partial charge in [0.1, 0.15) is 18.0 Å². The van der Waals surface area contributed by atoms with E-state index in [9.17, 15) is 32.7 Å². The number of amides is 2. The topological polar surface area (TPSA) is 169 Å². The van der Waals surface area contributed by atoms with Gasteiger partial charge in [0.15, 0.2) is 17.3 Å². The molecule has 1 aromatic carbocycles. The summed E-state index contributed by atoms with van der Waals surface area (Å²) in [5.41, 5.74) is 0.0652. The zero-order valence-electron chi connectivity index (χ0n) is 28.3. The first-order valence-corrected chi connectivity index (χ1v) is 16.8. The van der Waals surface area contributed by atoms with Crippen molar-refractivity contribution in [2.45, 2.75) is 32.5 Å². The van der Waals surface area contributed by atoms with Crippen LogP contribution in [-0.2, 0) is 30.4 Å². The minimum absolute atomic E-state index is 0.0333. The number of anilines is 2. The number of rotatable bonds is 8. The molecule has 0 spiro atoms. The summed E-state index contributed by atoms with van der Waals surface area (Å²) in [6.45, 7) is 2.56.